The number of aromatic nitrogens is 1. The van der Waals surface area contributed by atoms with Crippen LogP contribution < -0.4 is 10.3 Å². The van der Waals surface area contributed by atoms with Crippen molar-refractivity contribution in [2.45, 2.75) is 63.4 Å². The van der Waals surface area contributed by atoms with E-state index in [1.165, 1.54) is 28.7 Å². The third-order valence-corrected chi connectivity index (χ3v) is 7.91. The maximum atomic E-state index is 12.8. The van der Waals surface area contributed by atoms with E-state index in [1.807, 2.05) is 41.5 Å². The van der Waals surface area contributed by atoms with E-state index in [2.05, 4.69) is 15.2 Å². The molecule has 0 atom stereocenters. The van der Waals surface area contributed by atoms with Crippen LogP contribution in [0.4, 0.5) is 5.82 Å². The van der Waals surface area contributed by atoms with Crippen LogP contribution in [0.2, 0.25) is 0 Å². The Hall–Kier alpha value is -2.01. The molecule has 0 amide bonds. The van der Waals surface area contributed by atoms with Crippen molar-refractivity contribution in [2.24, 2.45) is 0 Å². The summed E-state index contributed by atoms with van der Waals surface area (Å²) >= 11 is 0. The second-order valence-corrected chi connectivity index (χ2v) is 10.9. The summed E-state index contributed by atoms with van der Waals surface area (Å²) in [6.45, 7) is 11.0. The second-order valence-electron chi connectivity index (χ2n) is 7.38. The Morgan fingerprint density at radius 2 is 1.45 bits per heavy atom. The molecule has 29 heavy (non-hydrogen) atoms. The van der Waals surface area contributed by atoms with Gasteiger partial charge >= 0.3 is 0 Å². The van der Waals surface area contributed by atoms with E-state index in [-0.39, 0.29) is 27.7 Å². The Labute approximate surface area is 173 Å². The molecule has 0 unspecified atom stereocenters. The van der Waals surface area contributed by atoms with Crippen molar-refractivity contribution in [3.63, 3.8) is 0 Å². The minimum absolute atomic E-state index is 0.0440. The number of rotatable bonds is 8. The molecular formula is C19H28N4O4S2. The van der Waals surface area contributed by atoms with E-state index in [4.69, 9.17) is 0 Å². The summed E-state index contributed by atoms with van der Waals surface area (Å²) in [6, 6.07) is 7.22. The topological polar surface area (TPSA) is 108 Å². The van der Waals surface area contributed by atoms with E-state index < -0.39 is 20.0 Å². The lowest BCUT2D eigenvalue weighted by Crippen LogP contribution is -2.41. The minimum Gasteiger partial charge on any atom is -0.292 e. The molecule has 1 aromatic carbocycles. The van der Waals surface area contributed by atoms with Crippen LogP contribution >= 0.6 is 0 Å². The molecule has 1 aromatic heterocycles. The number of benzene rings is 1. The molecule has 0 bridgehead atoms. The number of nitrogens with zero attached hydrogens (tertiary/aromatic N) is 2. The molecule has 2 N–H and O–H groups in total. The number of aryl methyl sites for hydroxylation is 2. The number of hydrogen-bond acceptors (Lipinski definition) is 6. The van der Waals surface area contributed by atoms with Crippen LogP contribution in [-0.2, 0) is 20.0 Å². The van der Waals surface area contributed by atoms with Crippen molar-refractivity contribution >= 4 is 25.9 Å². The first-order valence-electron chi connectivity index (χ1n) is 9.21. The zero-order valence-electron chi connectivity index (χ0n) is 17.5. The van der Waals surface area contributed by atoms with Crippen LogP contribution in [-0.4, -0.2) is 38.2 Å². The van der Waals surface area contributed by atoms with Gasteiger partial charge in [-0.25, -0.2) is 21.8 Å². The zero-order chi connectivity index (χ0) is 22.0. The quantitative estimate of drug-likeness (QED) is 0.611. The molecular weight excluding hydrogens is 412 g/mol. The van der Waals surface area contributed by atoms with Gasteiger partial charge in [0.05, 0.1) is 4.90 Å². The summed E-state index contributed by atoms with van der Waals surface area (Å²) in [7, 11) is -7.51. The van der Waals surface area contributed by atoms with Crippen molar-refractivity contribution in [1.82, 2.24) is 14.1 Å². The summed E-state index contributed by atoms with van der Waals surface area (Å²) in [5, 5.41) is 0. The lowest BCUT2D eigenvalue weighted by Gasteiger charge is -2.29. The number of hydrazine groups is 1. The molecule has 0 aliphatic rings. The van der Waals surface area contributed by atoms with Crippen molar-refractivity contribution in [3.8, 4) is 0 Å². The van der Waals surface area contributed by atoms with Gasteiger partial charge in [-0.15, -0.1) is 4.83 Å². The van der Waals surface area contributed by atoms with Gasteiger partial charge < -0.3 is 0 Å². The lowest BCUT2D eigenvalue weighted by atomic mass is 10.1. The highest BCUT2D eigenvalue weighted by Gasteiger charge is 2.29. The predicted octanol–water partition coefficient (Wildman–Crippen LogP) is 2.81. The van der Waals surface area contributed by atoms with Crippen molar-refractivity contribution in [2.75, 3.05) is 5.43 Å². The van der Waals surface area contributed by atoms with Crippen molar-refractivity contribution < 1.29 is 16.8 Å². The van der Waals surface area contributed by atoms with Gasteiger partial charge in [0.15, 0.2) is 0 Å². The van der Waals surface area contributed by atoms with E-state index in [0.717, 1.165) is 11.1 Å². The molecule has 0 saturated carbocycles. The normalized spacial score (nSPS) is 12.7. The smallest absolute Gasteiger partial charge is 0.257 e. The first-order chi connectivity index (χ1) is 13.4. The number of hydrogen-bond donors (Lipinski definition) is 2. The molecule has 0 saturated heterocycles. The fraction of sp³-hybridized carbons (Fsp3) is 0.421. The maximum absolute atomic E-state index is 12.8. The number of pyridine rings is 1. The molecule has 0 fully saturated rings. The Morgan fingerprint density at radius 1 is 0.862 bits per heavy atom. The SMILES string of the molecule is Cc1ccc(S(=O)(=O)NNc2ccc(S(=O)(=O)N(C(C)C)C(C)C)cn2)cc1C. The molecule has 10 heteroatoms. The number of nitrogens with one attached hydrogen (secondary N) is 2. The van der Waals surface area contributed by atoms with E-state index in [1.54, 1.807) is 12.1 Å². The Bertz CT molecular complexity index is 1060. The summed E-state index contributed by atoms with van der Waals surface area (Å²) < 4.78 is 51.9. The minimum atomic E-state index is -3.80. The second kappa shape index (κ2) is 8.78. The van der Waals surface area contributed by atoms with Crippen LogP contribution in [0, 0.1) is 13.8 Å². The third kappa shape index (κ3) is 5.33. The van der Waals surface area contributed by atoms with Gasteiger partial charge in [-0.1, -0.05) is 6.07 Å². The molecule has 1 heterocycles. The van der Waals surface area contributed by atoms with E-state index in [9.17, 15) is 16.8 Å². The van der Waals surface area contributed by atoms with Crippen LogP contribution in [0.3, 0.4) is 0 Å². The average Bonchev–Trinajstić information content (AvgIpc) is 2.61. The molecule has 160 valence electrons. The molecule has 0 radical (unpaired) electrons. The first-order valence-corrected chi connectivity index (χ1v) is 12.1. The van der Waals surface area contributed by atoms with E-state index in [0.29, 0.717) is 0 Å². The highest BCUT2D eigenvalue weighted by Crippen LogP contribution is 2.21. The summed E-state index contributed by atoms with van der Waals surface area (Å²) in [4.78, 5) is 6.45. The van der Waals surface area contributed by atoms with Crippen LogP contribution in [0.15, 0.2) is 46.3 Å². The first kappa shape index (κ1) is 23.3. The zero-order valence-corrected chi connectivity index (χ0v) is 19.1. The van der Waals surface area contributed by atoms with Gasteiger partial charge in [-0.2, -0.15) is 4.31 Å². The standard InChI is InChI=1S/C19H28N4O4S2/c1-13(2)23(14(3)4)29(26,27)18-9-10-19(20-12-18)21-22-28(24,25)17-8-7-15(5)16(6)11-17/h7-14,22H,1-6H3,(H,20,21). The van der Waals surface area contributed by atoms with Gasteiger partial charge in [-0.05, 0) is 76.9 Å². The fourth-order valence-electron chi connectivity index (χ4n) is 2.94. The summed E-state index contributed by atoms with van der Waals surface area (Å²) in [6.07, 6.45) is 1.21. The Morgan fingerprint density at radius 3 is 1.93 bits per heavy atom. The molecule has 2 rings (SSSR count). The van der Waals surface area contributed by atoms with E-state index >= 15 is 0 Å². The molecule has 0 spiro atoms. The Balaban J connectivity index is 2.17. The molecule has 8 nitrogen and oxygen atoms in total. The molecule has 2 aromatic rings. The monoisotopic (exact) mass is 440 g/mol. The molecule has 0 aliphatic heterocycles. The van der Waals surface area contributed by atoms with Crippen LogP contribution in [0.5, 0.6) is 0 Å². The lowest BCUT2D eigenvalue weighted by molar-refractivity contribution is 0.302. The predicted molar refractivity (Wildman–Crippen MR) is 113 cm³/mol. The van der Waals surface area contributed by atoms with Crippen LogP contribution in [0.1, 0.15) is 38.8 Å². The number of sulfonamides is 2. The maximum Gasteiger partial charge on any atom is 0.257 e. The molecule has 0 aliphatic carbocycles. The highest BCUT2D eigenvalue weighted by atomic mass is 32.2. The Kier molecular flexibility index (Phi) is 7.05. The van der Waals surface area contributed by atoms with Gasteiger partial charge in [0.2, 0.25) is 10.0 Å². The van der Waals surface area contributed by atoms with Gasteiger partial charge in [0.25, 0.3) is 10.0 Å². The van der Waals surface area contributed by atoms with Gasteiger partial charge in [0, 0.05) is 18.3 Å². The van der Waals surface area contributed by atoms with Crippen LogP contribution in [0.25, 0.3) is 0 Å². The highest BCUT2D eigenvalue weighted by molar-refractivity contribution is 7.89. The van der Waals surface area contributed by atoms with Crippen molar-refractivity contribution in [3.05, 3.63) is 47.7 Å². The summed E-state index contributed by atoms with van der Waals surface area (Å²) in [5.41, 5.74) is 4.37. The fourth-order valence-corrected chi connectivity index (χ4v) is 5.65. The van der Waals surface area contributed by atoms with Crippen molar-refractivity contribution in [1.29, 1.82) is 0 Å². The number of anilines is 1. The summed E-state index contributed by atoms with van der Waals surface area (Å²) in [5.74, 6) is 0.178. The largest absolute Gasteiger partial charge is 0.292 e. The third-order valence-electron chi connectivity index (χ3n) is 4.43. The van der Waals surface area contributed by atoms with Gasteiger partial charge in [0.1, 0.15) is 10.7 Å². The average molecular weight is 441 g/mol. The van der Waals surface area contributed by atoms with Gasteiger partial charge in [-0.3, -0.25) is 5.43 Å².